The summed E-state index contributed by atoms with van der Waals surface area (Å²) in [4.78, 5) is 6.45. The van der Waals surface area contributed by atoms with E-state index in [1.54, 1.807) is 0 Å². The number of benzene rings is 1. The van der Waals surface area contributed by atoms with Crippen molar-refractivity contribution in [1.29, 1.82) is 0 Å². The first-order valence-corrected chi connectivity index (χ1v) is 7.39. The number of aliphatic imine (C=N–C) groups is 1. The van der Waals surface area contributed by atoms with Crippen LogP contribution in [0.1, 0.15) is 12.0 Å². The molecule has 5 nitrogen and oxygen atoms in total. The van der Waals surface area contributed by atoms with E-state index in [9.17, 15) is 13.2 Å². The zero-order chi connectivity index (χ0) is 16.9. The van der Waals surface area contributed by atoms with Gasteiger partial charge in [-0.15, -0.1) is 37.1 Å². The maximum Gasteiger partial charge on any atom is 0.573 e. The Morgan fingerprint density at radius 3 is 2.58 bits per heavy atom. The second-order valence-electron chi connectivity index (χ2n) is 5.69. The SMILES string of the molecule is CN1CCC(CNC(N)=NCc2ccc(OC(F)(F)F)cc2)C1.I. The lowest BCUT2D eigenvalue weighted by Gasteiger charge is -2.12. The molecule has 136 valence electrons. The van der Waals surface area contributed by atoms with E-state index in [0.717, 1.165) is 31.6 Å². The summed E-state index contributed by atoms with van der Waals surface area (Å²) in [7, 11) is 2.09. The van der Waals surface area contributed by atoms with Gasteiger partial charge in [-0.05, 0) is 43.6 Å². The van der Waals surface area contributed by atoms with Crippen LogP contribution in [0.5, 0.6) is 5.75 Å². The molecule has 1 saturated heterocycles. The van der Waals surface area contributed by atoms with E-state index in [-0.39, 0.29) is 29.7 Å². The average molecular weight is 458 g/mol. The lowest BCUT2D eigenvalue weighted by Crippen LogP contribution is -2.36. The number of hydrogen-bond donors (Lipinski definition) is 2. The third-order valence-corrected chi connectivity index (χ3v) is 3.65. The predicted octanol–water partition coefficient (Wildman–Crippen LogP) is 2.56. The molecule has 1 aliphatic rings. The van der Waals surface area contributed by atoms with Crippen LogP contribution in [0.25, 0.3) is 0 Å². The monoisotopic (exact) mass is 458 g/mol. The van der Waals surface area contributed by atoms with Crippen LogP contribution in [-0.2, 0) is 6.54 Å². The minimum atomic E-state index is -4.68. The zero-order valence-electron chi connectivity index (χ0n) is 13.3. The summed E-state index contributed by atoms with van der Waals surface area (Å²) in [6.07, 6.45) is -3.54. The van der Waals surface area contributed by atoms with Gasteiger partial charge in [-0.2, -0.15) is 0 Å². The highest BCUT2D eigenvalue weighted by molar-refractivity contribution is 14.0. The molecule has 1 fully saturated rings. The molecule has 1 unspecified atom stereocenters. The lowest BCUT2D eigenvalue weighted by atomic mass is 10.1. The number of halogens is 4. The molecular weight excluding hydrogens is 436 g/mol. The van der Waals surface area contributed by atoms with E-state index in [2.05, 4.69) is 27.0 Å². The van der Waals surface area contributed by atoms with Crippen molar-refractivity contribution in [2.45, 2.75) is 19.3 Å². The van der Waals surface area contributed by atoms with Gasteiger partial charge in [0.1, 0.15) is 5.75 Å². The van der Waals surface area contributed by atoms with Gasteiger partial charge >= 0.3 is 6.36 Å². The highest BCUT2D eigenvalue weighted by Gasteiger charge is 2.30. The van der Waals surface area contributed by atoms with Crippen LogP contribution in [0.3, 0.4) is 0 Å². The van der Waals surface area contributed by atoms with Crippen molar-refractivity contribution in [2.24, 2.45) is 16.6 Å². The fourth-order valence-electron chi connectivity index (χ4n) is 2.47. The number of nitrogens with two attached hydrogens (primary N) is 1. The summed E-state index contributed by atoms with van der Waals surface area (Å²) >= 11 is 0. The number of hydrogen-bond acceptors (Lipinski definition) is 3. The number of nitrogens with zero attached hydrogens (tertiary/aromatic N) is 2. The Hall–Kier alpha value is -1.23. The molecule has 9 heteroatoms. The molecule has 1 atom stereocenters. The number of guanidine groups is 1. The standard InChI is InChI=1S/C15H21F3N4O.HI/c1-22-7-6-12(10-22)9-21-14(19)20-8-11-2-4-13(5-3-11)23-15(16,17)18;/h2-5,12H,6-10H2,1H3,(H3,19,20,21);1H. The van der Waals surface area contributed by atoms with Crippen LogP contribution in [0.2, 0.25) is 0 Å². The van der Waals surface area contributed by atoms with E-state index in [0.29, 0.717) is 18.4 Å². The summed E-state index contributed by atoms with van der Waals surface area (Å²) < 4.78 is 40.0. The summed E-state index contributed by atoms with van der Waals surface area (Å²) in [6, 6.07) is 5.58. The first-order valence-electron chi connectivity index (χ1n) is 7.39. The quantitative estimate of drug-likeness (QED) is 0.405. The molecule has 1 aliphatic heterocycles. The van der Waals surface area contributed by atoms with Gasteiger partial charge in [-0.3, -0.25) is 0 Å². The van der Waals surface area contributed by atoms with Gasteiger partial charge in [0.25, 0.3) is 0 Å². The topological polar surface area (TPSA) is 62.9 Å². The third kappa shape index (κ3) is 7.56. The van der Waals surface area contributed by atoms with Crippen LogP contribution in [0, 0.1) is 5.92 Å². The van der Waals surface area contributed by atoms with Crippen molar-refractivity contribution in [3.63, 3.8) is 0 Å². The molecule has 1 aromatic rings. The number of nitrogens with one attached hydrogen (secondary N) is 1. The van der Waals surface area contributed by atoms with Crippen LogP contribution >= 0.6 is 24.0 Å². The molecule has 0 spiro atoms. The normalized spacial score (nSPS) is 19.0. The Labute approximate surface area is 156 Å². The first kappa shape index (κ1) is 20.8. The van der Waals surface area contributed by atoms with Crippen molar-refractivity contribution >= 4 is 29.9 Å². The second-order valence-corrected chi connectivity index (χ2v) is 5.69. The number of alkyl halides is 3. The van der Waals surface area contributed by atoms with Crippen LogP contribution in [-0.4, -0.2) is 43.9 Å². The van der Waals surface area contributed by atoms with Gasteiger partial charge in [0.05, 0.1) is 6.54 Å². The molecule has 0 radical (unpaired) electrons. The molecule has 0 bridgehead atoms. The van der Waals surface area contributed by atoms with E-state index in [1.807, 2.05) is 0 Å². The highest BCUT2D eigenvalue weighted by Crippen LogP contribution is 2.22. The molecule has 2 rings (SSSR count). The number of likely N-dealkylation sites (tertiary alicyclic amines) is 1. The predicted molar refractivity (Wildman–Crippen MR) is 97.5 cm³/mol. The number of ether oxygens (including phenoxy) is 1. The van der Waals surface area contributed by atoms with Crippen molar-refractivity contribution in [3.05, 3.63) is 29.8 Å². The summed E-state index contributed by atoms with van der Waals surface area (Å²) in [5, 5.41) is 3.09. The molecule has 24 heavy (non-hydrogen) atoms. The minimum Gasteiger partial charge on any atom is -0.406 e. The second kappa shape index (κ2) is 9.30. The maximum atomic E-state index is 12.1. The third-order valence-electron chi connectivity index (χ3n) is 3.65. The molecule has 1 aromatic carbocycles. The van der Waals surface area contributed by atoms with Crippen LogP contribution < -0.4 is 15.8 Å². The summed E-state index contributed by atoms with van der Waals surface area (Å²) in [6.45, 7) is 3.21. The molecule has 1 heterocycles. The Morgan fingerprint density at radius 1 is 1.38 bits per heavy atom. The Balaban J connectivity index is 0.00000288. The van der Waals surface area contributed by atoms with E-state index >= 15 is 0 Å². The zero-order valence-corrected chi connectivity index (χ0v) is 15.7. The Morgan fingerprint density at radius 2 is 2.04 bits per heavy atom. The molecule has 0 aromatic heterocycles. The van der Waals surface area contributed by atoms with Crippen LogP contribution in [0.4, 0.5) is 13.2 Å². The largest absolute Gasteiger partial charge is 0.573 e. The van der Waals surface area contributed by atoms with E-state index in [4.69, 9.17) is 5.73 Å². The van der Waals surface area contributed by atoms with E-state index in [1.165, 1.54) is 24.3 Å². The molecule has 3 N–H and O–H groups in total. The van der Waals surface area contributed by atoms with Crippen molar-refractivity contribution in [3.8, 4) is 5.75 Å². The highest BCUT2D eigenvalue weighted by atomic mass is 127. The van der Waals surface area contributed by atoms with Crippen molar-refractivity contribution < 1.29 is 17.9 Å². The van der Waals surface area contributed by atoms with Gasteiger partial charge in [0.15, 0.2) is 5.96 Å². The van der Waals surface area contributed by atoms with Crippen molar-refractivity contribution in [1.82, 2.24) is 10.2 Å². The average Bonchev–Trinajstić information content (AvgIpc) is 2.88. The maximum absolute atomic E-state index is 12.1. The Bertz CT molecular complexity index is 537. The summed E-state index contributed by atoms with van der Waals surface area (Å²) in [5.41, 5.74) is 6.55. The molecule has 0 amide bonds. The van der Waals surface area contributed by atoms with Gasteiger partial charge < -0.3 is 20.7 Å². The summed E-state index contributed by atoms with van der Waals surface area (Å²) in [5.74, 6) is 0.657. The van der Waals surface area contributed by atoms with Gasteiger partial charge in [0.2, 0.25) is 0 Å². The Kier molecular flexibility index (Phi) is 8.07. The van der Waals surface area contributed by atoms with Gasteiger partial charge in [-0.25, -0.2) is 4.99 Å². The fraction of sp³-hybridized carbons (Fsp3) is 0.533. The van der Waals surface area contributed by atoms with Gasteiger partial charge in [0, 0.05) is 13.1 Å². The van der Waals surface area contributed by atoms with Crippen molar-refractivity contribution in [2.75, 3.05) is 26.7 Å². The molecular formula is C15H22F3IN4O. The molecule has 0 saturated carbocycles. The first-order chi connectivity index (χ1) is 10.8. The van der Waals surface area contributed by atoms with Gasteiger partial charge in [-0.1, -0.05) is 12.1 Å². The smallest absolute Gasteiger partial charge is 0.406 e. The number of rotatable bonds is 5. The fourth-order valence-corrected chi connectivity index (χ4v) is 2.47. The minimum absolute atomic E-state index is 0. The lowest BCUT2D eigenvalue weighted by molar-refractivity contribution is -0.274. The van der Waals surface area contributed by atoms with Crippen LogP contribution in [0.15, 0.2) is 29.3 Å². The molecule has 0 aliphatic carbocycles. The van der Waals surface area contributed by atoms with E-state index < -0.39 is 6.36 Å².